The van der Waals surface area contributed by atoms with Crippen molar-refractivity contribution in [2.45, 2.75) is 19.9 Å². The van der Waals surface area contributed by atoms with Gasteiger partial charge in [0.1, 0.15) is 5.15 Å². The van der Waals surface area contributed by atoms with E-state index < -0.39 is 5.97 Å². The van der Waals surface area contributed by atoms with Gasteiger partial charge in [-0.25, -0.2) is 9.78 Å². The minimum Gasteiger partial charge on any atom is -0.478 e. The number of halogens is 1. The highest BCUT2D eigenvalue weighted by atomic mass is 35.5. The molecule has 0 atom stereocenters. The Morgan fingerprint density at radius 1 is 1.62 bits per heavy atom. The van der Waals surface area contributed by atoms with Crippen LogP contribution in [0.5, 0.6) is 0 Å². The van der Waals surface area contributed by atoms with Gasteiger partial charge in [-0.05, 0) is 26.0 Å². The molecule has 5 heteroatoms. The molecule has 86 valence electrons. The van der Waals surface area contributed by atoms with Crippen LogP contribution in [0.3, 0.4) is 0 Å². The number of carbonyl (C=O) groups is 1. The fourth-order valence-corrected chi connectivity index (χ4v) is 1.33. The number of nitrogens with one attached hydrogen (secondary N) is 1. The van der Waals surface area contributed by atoms with E-state index in [1.54, 1.807) is 6.07 Å². The first-order chi connectivity index (χ1) is 7.49. The van der Waals surface area contributed by atoms with E-state index in [1.807, 2.05) is 13.8 Å². The van der Waals surface area contributed by atoms with Gasteiger partial charge in [-0.2, -0.15) is 0 Å². The molecule has 0 fully saturated rings. The summed E-state index contributed by atoms with van der Waals surface area (Å²) in [4.78, 5) is 14.3. The number of rotatable bonds is 4. The number of aromatic nitrogens is 1. The van der Waals surface area contributed by atoms with Crippen molar-refractivity contribution in [1.82, 2.24) is 4.98 Å². The molecule has 0 saturated heterocycles. The number of aliphatic carboxylic acids is 1. The maximum atomic E-state index is 10.4. The molecule has 2 N–H and O–H groups in total. The van der Waals surface area contributed by atoms with Crippen molar-refractivity contribution >= 4 is 29.3 Å². The fourth-order valence-electron chi connectivity index (χ4n) is 1.17. The third-order valence-electron chi connectivity index (χ3n) is 1.75. The first-order valence-electron chi connectivity index (χ1n) is 4.82. The van der Waals surface area contributed by atoms with Crippen LogP contribution < -0.4 is 5.32 Å². The Morgan fingerprint density at radius 3 is 2.88 bits per heavy atom. The van der Waals surface area contributed by atoms with Gasteiger partial charge in [0.05, 0.1) is 0 Å². The molecule has 0 aliphatic rings. The van der Waals surface area contributed by atoms with Gasteiger partial charge >= 0.3 is 5.97 Å². The second-order valence-corrected chi connectivity index (χ2v) is 3.95. The minimum absolute atomic E-state index is 0.232. The zero-order valence-corrected chi connectivity index (χ0v) is 9.82. The Labute approximate surface area is 99.0 Å². The van der Waals surface area contributed by atoms with E-state index >= 15 is 0 Å². The van der Waals surface area contributed by atoms with Crippen molar-refractivity contribution in [3.05, 3.63) is 29.1 Å². The molecule has 0 saturated carbocycles. The Kier molecular flexibility index (Phi) is 4.31. The second kappa shape index (κ2) is 5.51. The van der Waals surface area contributed by atoms with Crippen LogP contribution in [0.4, 0.5) is 5.69 Å². The van der Waals surface area contributed by atoms with Crippen LogP contribution in [0.25, 0.3) is 6.08 Å². The Balaban J connectivity index is 3.02. The predicted molar refractivity (Wildman–Crippen MR) is 64.7 cm³/mol. The molecule has 16 heavy (non-hydrogen) atoms. The average Bonchev–Trinajstić information content (AvgIpc) is 2.15. The number of pyridine rings is 1. The van der Waals surface area contributed by atoms with E-state index in [9.17, 15) is 4.79 Å². The number of anilines is 1. The van der Waals surface area contributed by atoms with Crippen LogP contribution in [0, 0.1) is 0 Å². The van der Waals surface area contributed by atoms with Crippen LogP contribution in [0.1, 0.15) is 19.4 Å². The van der Waals surface area contributed by atoms with E-state index in [1.165, 1.54) is 12.3 Å². The highest BCUT2D eigenvalue weighted by Crippen LogP contribution is 2.20. The number of hydrogen-bond donors (Lipinski definition) is 2. The van der Waals surface area contributed by atoms with Crippen LogP contribution in [0.15, 0.2) is 18.3 Å². The third-order valence-corrected chi connectivity index (χ3v) is 1.96. The van der Waals surface area contributed by atoms with Crippen molar-refractivity contribution in [2.75, 3.05) is 5.32 Å². The van der Waals surface area contributed by atoms with Crippen molar-refractivity contribution in [3.8, 4) is 0 Å². The molecule has 1 rings (SSSR count). The molecule has 0 radical (unpaired) electrons. The Bertz CT molecular complexity index is 416. The van der Waals surface area contributed by atoms with Crippen LogP contribution in [0.2, 0.25) is 5.15 Å². The average molecular weight is 241 g/mol. The molecule has 0 amide bonds. The topological polar surface area (TPSA) is 62.2 Å². The van der Waals surface area contributed by atoms with Gasteiger partial charge < -0.3 is 10.4 Å². The molecular weight excluding hydrogens is 228 g/mol. The Morgan fingerprint density at radius 2 is 2.31 bits per heavy atom. The first-order valence-corrected chi connectivity index (χ1v) is 5.20. The molecule has 0 bridgehead atoms. The largest absolute Gasteiger partial charge is 0.478 e. The monoisotopic (exact) mass is 240 g/mol. The highest BCUT2D eigenvalue weighted by molar-refractivity contribution is 6.29. The standard InChI is InChI=1S/C11H13ClN2O2/c1-7(2)14-9-5-10(12)13-6-8(9)3-4-11(15)16/h3-7H,1-2H3,(H,13,14)(H,15,16)/b4-3+. The van der Waals surface area contributed by atoms with Gasteiger partial charge in [0, 0.05) is 29.6 Å². The highest BCUT2D eigenvalue weighted by Gasteiger charge is 2.03. The second-order valence-electron chi connectivity index (χ2n) is 3.56. The summed E-state index contributed by atoms with van der Waals surface area (Å²) in [6.07, 6.45) is 4.08. The smallest absolute Gasteiger partial charge is 0.328 e. The van der Waals surface area contributed by atoms with Crippen molar-refractivity contribution < 1.29 is 9.90 Å². The predicted octanol–water partition coefficient (Wildman–Crippen LogP) is 2.65. The molecule has 4 nitrogen and oxygen atoms in total. The number of carboxylic acid groups (broad SMARTS) is 1. The lowest BCUT2D eigenvalue weighted by atomic mass is 10.2. The van der Waals surface area contributed by atoms with Gasteiger partial charge in [0.2, 0.25) is 0 Å². The molecule has 1 aromatic heterocycles. The minimum atomic E-state index is -0.995. The van der Waals surface area contributed by atoms with Gasteiger partial charge in [0.25, 0.3) is 0 Å². The van der Waals surface area contributed by atoms with Crippen molar-refractivity contribution in [3.63, 3.8) is 0 Å². The molecule has 0 aromatic carbocycles. The summed E-state index contributed by atoms with van der Waals surface area (Å²) in [5, 5.41) is 12.1. The van der Waals surface area contributed by atoms with Crippen molar-refractivity contribution in [2.24, 2.45) is 0 Å². The lowest BCUT2D eigenvalue weighted by Crippen LogP contribution is -2.10. The van der Waals surface area contributed by atoms with Crippen LogP contribution in [-0.2, 0) is 4.79 Å². The molecular formula is C11H13ClN2O2. The normalized spacial score (nSPS) is 11.0. The molecule has 1 heterocycles. The van der Waals surface area contributed by atoms with E-state index in [0.717, 1.165) is 11.8 Å². The molecule has 0 aliphatic heterocycles. The summed E-state index contributed by atoms with van der Waals surface area (Å²) >= 11 is 5.77. The van der Waals surface area contributed by atoms with Crippen molar-refractivity contribution in [1.29, 1.82) is 0 Å². The molecule has 0 aliphatic carbocycles. The quantitative estimate of drug-likeness (QED) is 0.627. The number of carboxylic acids is 1. The lowest BCUT2D eigenvalue weighted by molar-refractivity contribution is -0.131. The number of hydrogen-bond acceptors (Lipinski definition) is 3. The maximum Gasteiger partial charge on any atom is 0.328 e. The third kappa shape index (κ3) is 3.90. The summed E-state index contributed by atoms with van der Waals surface area (Å²) < 4.78 is 0. The molecule has 1 aromatic rings. The van der Waals surface area contributed by atoms with Gasteiger partial charge in [0.15, 0.2) is 0 Å². The molecule has 0 spiro atoms. The number of nitrogens with zero attached hydrogens (tertiary/aromatic N) is 1. The lowest BCUT2D eigenvalue weighted by Gasteiger charge is -2.12. The van der Waals surface area contributed by atoms with Gasteiger partial charge in [-0.3, -0.25) is 0 Å². The van der Waals surface area contributed by atoms with Crippen LogP contribution >= 0.6 is 11.6 Å². The summed E-state index contributed by atoms with van der Waals surface area (Å²) in [7, 11) is 0. The summed E-state index contributed by atoms with van der Waals surface area (Å²) in [6.45, 7) is 3.97. The fraction of sp³-hybridized carbons (Fsp3) is 0.273. The van der Waals surface area contributed by atoms with E-state index in [2.05, 4.69) is 10.3 Å². The zero-order chi connectivity index (χ0) is 12.1. The van der Waals surface area contributed by atoms with Gasteiger partial charge in [-0.15, -0.1) is 0 Å². The van der Waals surface area contributed by atoms with E-state index in [-0.39, 0.29) is 6.04 Å². The van der Waals surface area contributed by atoms with Gasteiger partial charge in [-0.1, -0.05) is 11.6 Å². The summed E-state index contributed by atoms with van der Waals surface area (Å²) in [6, 6.07) is 1.90. The van der Waals surface area contributed by atoms with E-state index in [0.29, 0.717) is 10.7 Å². The van der Waals surface area contributed by atoms with E-state index in [4.69, 9.17) is 16.7 Å². The summed E-state index contributed by atoms with van der Waals surface area (Å²) in [5.74, 6) is -0.995. The SMILES string of the molecule is CC(C)Nc1cc(Cl)ncc1/C=C/C(=O)O. The zero-order valence-electron chi connectivity index (χ0n) is 9.07. The first kappa shape index (κ1) is 12.5. The van der Waals surface area contributed by atoms with Crippen LogP contribution in [-0.4, -0.2) is 22.1 Å². The molecule has 0 unspecified atom stereocenters. The Hall–Kier alpha value is -1.55. The maximum absolute atomic E-state index is 10.4. The summed E-state index contributed by atoms with van der Waals surface area (Å²) in [5.41, 5.74) is 1.47.